The summed E-state index contributed by atoms with van der Waals surface area (Å²) in [5.41, 5.74) is 0.142. The van der Waals surface area contributed by atoms with Gasteiger partial charge in [0, 0.05) is 12.1 Å². The van der Waals surface area contributed by atoms with Crippen LogP contribution in [0.25, 0.3) is 0 Å². The summed E-state index contributed by atoms with van der Waals surface area (Å²) in [5.74, 6) is 0. The highest BCUT2D eigenvalue weighted by Crippen LogP contribution is 2.12. The molecular formula is C10H10ClNO3S. The molecule has 0 atom stereocenters. The molecule has 0 aliphatic rings. The molecule has 0 amide bonds. The van der Waals surface area contributed by atoms with E-state index in [0.717, 1.165) is 0 Å². The first-order valence-corrected chi connectivity index (χ1v) is 6.24. The Hall–Kier alpha value is -1.17. The zero-order valence-electron chi connectivity index (χ0n) is 8.31. The predicted octanol–water partition coefficient (Wildman–Crippen LogP) is 1.53. The molecule has 1 aromatic rings. The third-order valence-corrected chi connectivity index (χ3v) is 3.43. The number of hydrogen-bond acceptors (Lipinski definition) is 3. The SMILES string of the molecule is C=CCNS(=O)(=O)c1cccc(C(=O)Cl)c1. The van der Waals surface area contributed by atoms with Gasteiger partial charge in [0.15, 0.2) is 0 Å². The van der Waals surface area contributed by atoms with Crippen LogP contribution in [0.3, 0.4) is 0 Å². The number of carbonyl (C=O) groups is 1. The maximum absolute atomic E-state index is 11.7. The summed E-state index contributed by atoms with van der Waals surface area (Å²) in [4.78, 5) is 10.9. The maximum Gasteiger partial charge on any atom is 0.252 e. The van der Waals surface area contributed by atoms with Crippen molar-refractivity contribution in [2.75, 3.05) is 6.54 Å². The van der Waals surface area contributed by atoms with E-state index in [-0.39, 0.29) is 17.0 Å². The molecule has 0 radical (unpaired) electrons. The van der Waals surface area contributed by atoms with Crippen molar-refractivity contribution in [3.05, 3.63) is 42.5 Å². The average molecular weight is 260 g/mol. The van der Waals surface area contributed by atoms with Crippen LogP contribution in [0.15, 0.2) is 41.8 Å². The van der Waals surface area contributed by atoms with Crippen molar-refractivity contribution < 1.29 is 13.2 Å². The highest BCUT2D eigenvalue weighted by Gasteiger charge is 2.14. The van der Waals surface area contributed by atoms with Gasteiger partial charge in [0.05, 0.1) is 4.90 Å². The van der Waals surface area contributed by atoms with E-state index in [4.69, 9.17) is 11.6 Å². The van der Waals surface area contributed by atoms with Crippen LogP contribution < -0.4 is 4.72 Å². The molecule has 0 saturated carbocycles. The van der Waals surface area contributed by atoms with Crippen LogP contribution in [-0.2, 0) is 10.0 Å². The fourth-order valence-corrected chi connectivity index (χ4v) is 2.20. The zero-order valence-corrected chi connectivity index (χ0v) is 9.88. The Kier molecular flexibility index (Phi) is 4.23. The summed E-state index contributed by atoms with van der Waals surface area (Å²) in [5, 5.41) is -0.694. The van der Waals surface area contributed by atoms with Crippen molar-refractivity contribution in [2.45, 2.75) is 4.90 Å². The van der Waals surface area contributed by atoms with E-state index in [1.807, 2.05) is 0 Å². The summed E-state index contributed by atoms with van der Waals surface area (Å²) in [7, 11) is -3.61. The van der Waals surface area contributed by atoms with Gasteiger partial charge in [-0.2, -0.15) is 0 Å². The van der Waals surface area contributed by atoms with Crippen LogP contribution >= 0.6 is 11.6 Å². The van der Waals surface area contributed by atoms with Crippen LogP contribution in [0, 0.1) is 0 Å². The Morgan fingerprint density at radius 2 is 2.19 bits per heavy atom. The number of rotatable bonds is 5. The lowest BCUT2D eigenvalue weighted by Gasteiger charge is -2.05. The fourth-order valence-electron chi connectivity index (χ4n) is 1.04. The molecule has 16 heavy (non-hydrogen) atoms. The summed E-state index contributed by atoms with van der Waals surface area (Å²) in [6.45, 7) is 3.53. The molecule has 0 unspecified atom stereocenters. The van der Waals surface area contributed by atoms with E-state index in [1.165, 1.54) is 30.3 Å². The fraction of sp³-hybridized carbons (Fsp3) is 0.100. The first-order chi connectivity index (χ1) is 7.47. The molecule has 86 valence electrons. The van der Waals surface area contributed by atoms with Crippen molar-refractivity contribution in [1.82, 2.24) is 4.72 Å². The maximum atomic E-state index is 11.7. The lowest BCUT2D eigenvalue weighted by molar-refractivity contribution is 0.108. The van der Waals surface area contributed by atoms with Gasteiger partial charge < -0.3 is 0 Å². The molecule has 0 saturated heterocycles. The second-order valence-corrected chi connectivity index (χ2v) is 5.05. The number of sulfonamides is 1. The van der Waals surface area contributed by atoms with Crippen molar-refractivity contribution in [3.8, 4) is 0 Å². The number of nitrogens with one attached hydrogen (secondary N) is 1. The van der Waals surface area contributed by atoms with E-state index in [2.05, 4.69) is 11.3 Å². The van der Waals surface area contributed by atoms with E-state index in [0.29, 0.717) is 0 Å². The van der Waals surface area contributed by atoms with Crippen molar-refractivity contribution in [3.63, 3.8) is 0 Å². The summed E-state index contributed by atoms with van der Waals surface area (Å²) in [6, 6.07) is 5.51. The molecule has 0 aliphatic heterocycles. The molecule has 0 fully saturated rings. The molecule has 0 aromatic heterocycles. The van der Waals surface area contributed by atoms with E-state index >= 15 is 0 Å². The van der Waals surface area contributed by atoms with Crippen molar-refractivity contribution in [2.24, 2.45) is 0 Å². The molecule has 0 aliphatic carbocycles. The van der Waals surface area contributed by atoms with Gasteiger partial charge in [-0.05, 0) is 23.7 Å². The van der Waals surface area contributed by atoms with Crippen molar-refractivity contribution in [1.29, 1.82) is 0 Å². The van der Waals surface area contributed by atoms with Gasteiger partial charge in [0.1, 0.15) is 0 Å². The molecule has 1 aromatic carbocycles. The van der Waals surface area contributed by atoms with Gasteiger partial charge in [-0.25, -0.2) is 13.1 Å². The van der Waals surface area contributed by atoms with Crippen LogP contribution in [0.2, 0.25) is 0 Å². The standard InChI is InChI=1S/C10H10ClNO3S/c1-2-6-12-16(14,15)9-5-3-4-8(7-9)10(11)13/h2-5,7,12H,1,6H2. The van der Waals surface area contributed by atoms with Gasteiger partial charge in [-0.1, -0.05) is 18.2 Å². The first kappa shape index (κ1) is 12.9. The molecule has 1 N–H and O–H groups in total. The number of hydrogen-bond donors (Lipinski definition) is 1. The highest BCUT2D eigenvalue weighted by atomic mass is 35.5. The van der Waals surface area contributed by atoms with E-state index in [1.54, 1.807) is 0 Å². The molecule has 0 heterocycles. The Bertz CT molecular complexity index is 511. The normalized spacial score (nSPS) is 11.1. The lowest BCUT2D eigenvalue weighted by Crippen LogP contribution is -2.23. The Balaban J connectivity index is 3.08. The van der Waals surface area contributed by atoms with Gasteiger partial charge in [-0.15, -0.1) is 6.58 Å². The lowest BCUT2D eigenvalue weighted by atomic mass is 10.2. The third-order valence-electron chi connectivity index (χ3n) is 1.79. The molecule has 4 nitrogen and oxygen atoms in total. The minimum absolute atomic E-state index is 0.000787. The van der Waals surface area contributed by atoms with E-state index < -0.39 is 15.3 Å². The van der Waals surface area contributed by atoms with Crippen molar-refractivity contribution >= 4 is 26.9 Å². The molecule has 1 rings (SSSR count). The van der Waals surface area contributed by atoms with Crippen LogP contribution in [0.4, 0.5) is 0 Å². The number of carbonyl (C=O) groups excluding carboxylic acids is 1. The Labute approximate surface area is 99.0 Å². The zero-order chi connectivity index (χ0) is 12.2. The average Bonchev–Trinajstić information content (AvgIpc) is 2.26. The predicted molar refractivity (Wildman–Crippen MR) is 62.0 cm³/mol. The summed E-state index contributed by atoms with van der Waals surface area (Å²) >= 11 is 5.26. The quantitative estimate of drug-likeness (QED) is 0.644. The molecule has 6 heteroatoms. The largest absolute Gasteiger partial charge is 0.276 e. The third kappa shape index (κ3) is 3.16. The topological polar surface area (TPSA) is 63.2 Å². The first-order valence-electron chi connectivity index (χ1n) is 4.38. The second kappa shape index (κ2) is 5.25. The second-order valence-electron chi connectivity index (χ2n) is 2.94. The Morgan fingerprint density at radius 3 is 2.75 bits per heavy atom. The van der Waals surface area contributed by atoms with Crippen LogP contribution in [0.1, 0.15) is 10.4 Å². The van der Waals surface area contributed by atoms with Crippen LogP contribution in [0.5, 0.6) is 0 Å². The summed E-state index contributed by atoms with van der Waals surface area (Å²) in [6.07, 6.45) is 1.42. The molecular weight excluding hydrogens is 250 g/mol. The van der Waals surface area contributed by atoms with Gasteiger partial charge in [0.2, 0.25) is 10.0 Å². The molecule has 0 spiro atoms. The number of benzene rings is 1. The van der Waals surface area contributed by atoms with Gasteiger partial charge in [-0.3, -0.25) is 4.79 Å². The monoisotopic (exact) mass is 259 g/mol. The Morgan fingerprint density at radius 1 is 1.50 bits per heavy atom. The molecule has 0 bridgehead atoms. The smallest absolute Gasteiger partial charge is 0.252 e. The van der Waals surface area contributed by atoms with Gasteiger partial charge in [0.25, 0.3) is 5.24 Å². The van der Waals surface area contributed by atoms with E-state index in [9.17, 15) is 13.2 Å². The summed E-state index contributed by atoms with van der Waals surface area (Å²) < 4.78 is 25.6. The minimum Gasteiger partial charge on any atom is -0.276 e. The highest BCUT2D eigenvalue weighted by molar-refractivity contribution is 7.89. The van der Waals surface area contributed by atoms with Gasteiger partial charge >= 0.3 is 0 Å². The minimum atomic E-state index is -3.61. The van der Waals surface area contributed by atoms with Crippen LogP contribution in [-0.4, -0.2) is 20.2 Å². The number of halogens is 1.